The zero-order chi connectivity index (χ0) is 44.5. The number of hydrogen-bond donors (Lipinski definition) is 0. The minimum Gasteiger partial charge on any atom is -0.311 e. The number of hydrogen-bond acceptors (Lipinski definition) is 2. The van der Waals surface area contributed by atoms with E-state index in [1.807, 2.05) is 0 Å². The predicted octanol–water partition coefficient (Wildman–Crippen LogP) is 14.9. The molecule has 0 spiro atoms. The van der Waals surface area contributed by atoms with Crippen molar-refractivity contribution in [2.24, 2.45) is 0 Å². The minimum atomic E-state index is -0.0413. The van der Waals surface area contributed by atoms with Crippen LogP contribution in [0.5, 0.6) is 0 Å². The summed E-state index contributed by atoms with van der Waals surface area (Å²) >= 11 is 0. The molecule has 0 bridgehead atoms. The van der Waals surface area contributed by atoms with Crippen LogP contribution in [0.25, 0.3) is 44.5 Å². The lowest BCUT2D eigenvalue weighted by atomic mass is 9.33. The smallest absolute Gasteiger partial charge is 0.252 e. The standard InChI is InChI=1S/C63H53BN2/c1-42-31-60-62-61(32-42)66(55-37-51(45-23-13-7-14-24-45)34-52(38-55)46-25-15-8-16-26-46)59-41-53(63(2,3)4)29-30-56(59)64(62)57-39-47-27-17-18-28-48(47)40-58(57)65(60)54-35-49(43-19-9-5-10-20-43)33-50(36-54)44-21-11-6-12-22-44/h5-16,19-26,29-41H,17-18,27-28H2,1-4H3. The average Bonchev–Trinajstić information content (AvgIpc) is 3.36. The number of rotatable bonds is 6. The van der Waals surface area contributed by atoms with Gasteiger partial charge in [-0.25, -0.2) is 0 Å². The highest BCUT2D eigenvalue weighted by Gasteiger charge is 2.44. The van der Waals surface area contributed by atoms with E-state index in [0.717, 1.165) is 18.5 Å². The molecule has 9 aromatic rings. The van der Waals surface area contributed by atoms with Gasteiger partial charge in [-0.1, -0.05) is 160 Å². The van der Waals surface area contributed by atoms with Gasteiger partial charge in [-0.2, -0.15) is 0 Å². The second kappa shape index (κ2) is 16.0. The number of fused-ring (bicyclic) bond motifs is 5. The number of benzene rings is 9. The van der Waals surface area contributed by atoms with Gasteiger partial charge < -0.3 is 9.80 Å². The Morgan fingerprint density at radius 3 is 1.21 bits per heavy atom. The Balaban J connectivity index is 1.17. The largest absolute Gasteiger partial charge is 0.311 e. The maximum Gasteiger partial charge on any atom is 0.252 e. The molecule has 2 heterocycles. The molecule has 0 saturated carbocycles. The summed E-state index contributed by atoms with van der Waals surface area (Å²) in [5, 5.41) is 0. The first-order chi connectivity index (χ1) is 32.2. The Morgan fingerprint density at radius 2 is 0.788 bits per heavy atom. The van der Waals surface area contributed by atoms with Crippen LogP contribution >= 0.6 is 0 Å². The van der Waals surface area contributed by atoms with Crippen molar-refractivity contribution in [3.8, 4) is 44.5 Å². The van der Waals surface area contributed by atoms with Crippen molar-refractivity contribution in [2.75, 3.05) is 9.80 Å². The van der Waals surface area contributed by atoms with Gasteiger partial charge in [0.2, 0.25) is 0 Å². The van der Waals surface area contributed by atoms with Gasteiger partial charge in [-0.3, -0.25) is 0 Å². The normalized spacial score (nSPS) is 13.7. The summed E-state index contributed by atoms with van der Waals surface area (Å²) in [5.74, 6) is 0. The molecule has 1 aliphatic carbocycles. The Hall–Kier alpha value is -7.36. The summed E-state index contributed by atoms with van der Waals surface area (Å²) < 4.78 is 0. The van der Waals surface area contributed by atoms with Gasteiger partial charge in [0.15, 0.2) is 0 Å². The number of aryl methyl sites for hydroxylation is 3. The molecule has 318 valence electrons. The van der Waals surface area contributed by atoms with Crippen LogP contribution < -0.4 is 26.2 Å². The van der Waals surface area contributed by atoms with E-state index in [2.05, 4.69) is 238 Å². The van der Waals surface area contributed by atoms with Crippen molar-refractivity contribution >= 4 is 57.2 Å². The highest BCUT2D eigenvalue weighted by molar-refractivity contribution is 7.00. The third kappa shape index (κ3) is 6.97. The van der Waals surface area contributed by atoms with Gasteiger partial charge in [0.05, 0.1) is 0 Å². The number of anilines is 6. The molecule has 0 saturated heterocycles. The highest BCUT2D eigenvalue weighted by Crippen LogP contribution is 2.48. The van der Waals surface area contributed by atoms with Crippen LogP contribution in [0.15, 0.2) is 200 Å². The van der Waals surface area contributed by atoms with Crippen molar-refractivity contribution in [3.63, 3.8) is 0 Å². The maximum absolute atomic E-state index is 2.63. The monoisotopic (exact) mass is 848 g/mol. The van der Waals surface area contributed by atoms with Gasteiger partial charge in [-0.05, 0) is 182 Å². The summed E-state index contributed by atoms with van der Waals surface area (Å²) in [6.45, 7) is 9.36. The zero-order valence-corrected chi connectivity index (χ0v) is 38.4. The van der Waals surface area contributed by atoms with Gasteiger partial charge in [0, 0.05) is 34.1 Å². The van der Waals surface area contributed by atoms with Crippen molar-refractivity contribution < 1.29 is 0 Å². The van der Waals surface area contributed by atoms with E-state index in [1.54, 1.807) is 0 Å². The van der Waals surface area contributed by atoms with Crippen LogP contribution in [0.4, 0.5) is 34.1 Å². The fraction of sp³-hybridized carbons (Fsp3) is 0.143. The molecular weight excluding hydrogens is 796 g/mol. The van der Waals surface area contributed by atoms with Crippen LogP contribution in [0.2, 0.25) is 0 Å². The first-order valence-corrected chi connectivity index (χ1v) is 23.8. The highest BCUT2D eigenvalue weighted by atomic mass is 15.2. The first-order valence-electron chi connectivity index (χ1n) is 23.8. The molecule has 0 amide bonds. The molecule has 0 fully saturated rings. The SMILES string of the molecule is Cc1cc2c3c(c1)N(c1cc(-c4ccccc4)cc(-c4ccccc4)c1)c1cc4c(cc1B3c1ccc(C(C)(C)C)cc1N2c1cc(-c2ccccc2)cc(-c2ccccc2)c1)CCCC4. The van der Waals surface area contributed by atoms with Crippen molar-refractivity contribution in [2.45, 2.75) is 58.8 Å². The van der Waals surface area contributed by atoms with Gasteiger partial charge >= 0.3 is 0 Å². The third-order valence-electron chi connectivity index (χ3n) is 14.3. The summed E-state index contributed by atoms with van der Waals surface area (Å²) in [4.78, 5) is 5.25. The van der Waals surface area contributed by atoms with Gasteiger partial charge in [0.25, 0.3) is 6.71 Å². The molecule has 2 aliphatic heterocycles. The van der Waals surface area contributed by atoms with Crippen LogP contribution in [0.3, 0.4) is 0 Å². The summed E-state index contributed by atoms with van der Waals surface area (Å²) in [7, 11) is 0. The fourth-order valence-electron chi connectivity index (χ4n) is 11.1. The van der Waals surface area contributed by atoms with Crippen LogP contribution in [0.1, 0.15) is 55.9 Å². The molecule has 66 heavy (non-hydrogen) atoms. The Labute approximate surface area is 390 Å². The van der Waals surface area contributed by atoms with E-state index in [4.69, 9.17) is 0 Å². The lowest BCUT2D eigenvalue weighted by Crippen LogP contribution is -2.61. The zero-order valence-electron chi connectivity index (χ0n) is 38.4. The van der Waals surface area contributed by atoms with Crippen molar-refractivity contribution in [1.29, 1.82) is 0 Å². The molecule has 0 atom stereocenters. The van der Waals surface area contributed by atoms with E-state index < -0.39 is 0 Å². The maximum atomic E-state index is 2.63. The molecule has 9 aromatic carbocycles. The number of nitrogens with zero attached hydrogens (tertiary/aromatic N) is 2. The average molecular weight is 849 g/mol. The van der Waals surface area contributed by atoms with Crippen LogP contribution in [-0.2, 0) is 18.3 Å². The molecular formula is C63H53BN2. The van der Waals surface area contributed by atoms with Gasteiger partial charge in [0.1, 0.15) is 0 Å². The van der Waals surface area contributed by atoms with E-state index >= 15 is 0 Å². The Morgan fingerprint density at radius 1 is 0.379 bits per heavy atom. The molecule has 0 unspecified atom stereocenters. The van der Waals surface area contributed by atoms with Crippen LogP contribution in [-0.4, -0.2) is 6.71 Å². The summed E-state index contributed by atoms with van der Waals surface area (Å²) in [5.41, 5.74) is 26.7. The molecule has 2 nitrogen and oxygen atoms in total. The van der Waals surface area contributed by atoms with E-state index in [-0.39, 0.29) is 12.1 Å². The molecule has 0 radical (unpaired) electrons. The van der Waals surface area contributed by atoms with Gasteiger partial charge in [-0.15, -0.1) is 0 Å². The topological polar surface area (TPSA) is 6.48 Å². The van der Waals surface area contributed by atoms with E-state index in [9.17, 15) is 0 Å². The van der Waals surface area contributed by atoms with Crippen molar-refractivity contribution in [1.82, 2.24) is 0 Å². The first kappa shape index (κ1) is 40.2. The summed E-state index contributed by atoms with van der Waals surface area (Å²) in [6, 6.07) is 75.6. The molecule has 3 heteroatoms. The molecule has 3 aliphatic rings. The third-order valence-corrected chi connectivity index (χ3v) is 14.3. The quantitative estimate of drug-likeness (QED) is 0.154. The molecule has 12 rings (SSSR count). The predicted molar refractivity (Wildman–Crippen MR) is 282 cm³/mol. The molecule has 0 N–H and O–H groups in total. The van der Waals surface area contributed by atoms with E-state index in [0.29, 0.717) is 0 Å². The lowest BCUT2D eigenvalue weighted by molar-refractivity contribution is 0.590. The second-order valence-corrected chi connectivity index (χ2v) is 19.7. The Bertz CT molecular complexity index is 3180. The fourth-order valence-corrected chi connectivity index (χ4v) is 11.1. The second-order valence-electron chi connectivity index (χ2n) is 19.7. The van der Waals surface area contributed by atoms with Crippen molar-refractivity contribution in [3.05, 3.63) is 222 Å². The Kier molecular flexibility index (Phi) is 9.72. The van der Waals surface area contributed by atoms with E-state index in [1.165, 1.54) is 124 Å². The summed E-state index contributed by atoms with van der Waals surface area (Å²) in [6.07, 6.45) is 4.72. The minimum absolute atomic E-state index is 0.0413. The molecule has 0 aromatic heterocycles. The lowest BCUT2D eigenvalue weighted by Gasteiger charge is -2.45. The van der Waals surface area contributed by atoms with Crippen LogP contribution in [0, 0.1) is 6.92 Å².